The monoisotopic (exact) mass is 379 g/mol. The van der Waals surface area contributed by atoms with Gasteiger partial charge in [-0.15, -0.1) is 0 Å². The van der Waals surface area contributed by atoms with Gasteiger partial charge in [-0.05, 0) is 29.8 Å². The molecule has 0 aliphatic heterocycles. The van der Waals surface area contributed by atoms with Crippen molar-refractivity contribution in [3.63, 3.8) is 0 Å². The normalized spacial score (nSPS) is 11.2. The number of benzene rings is 3. The smallest absolute Gasteiger partial charge is 0.261 e. The summed E-state index contributed by atoms with van der Waals surface area (Å²) >= 11 is 0. The number of pyridine rings is 1. The number of phenolic OH excluding ortho intramolecular Hbond substituents is 1. The van der Waals surface area contributed by atoms with Crippen LogP contribution in [0.1, 0.15) is 5.56 Å². The molecule has 1 N–H and O–H groups in total. The van der Waals surface area contributed by atoms with Gasteiger partial charge in [0.15, 0.2) is 0 Å². The van der Waals surface area contributed by atoms with Crippen molar-refractivity contribution >= 4 is 21.8 Å². The predicted molar refractivity (Wildman–Crippen MR) is 114 cm³/mol. The van der Waals surface area contributed by atoms with Gasteiger partial charge in [-0.25, -0.2) is 4.98 Å². The van der Waals surface area contributed by atoms with Crippen LogP contribution in [0.4, 0.5) is 0 Å². The third kappa shape index (κ3) is 2.93. The first-order valence-corrected chi connectivity index (χ1v) is 9.33. The Labute approximate surface area is 166 Å². The molecule has 29 heavy (non-hydrogen) atoms. The molecule has 5 rings (SSSR count). The number of fused-ring (bicyclic) bond motifs is 2. The molecular weight excluding hydrogens is 362 g/mol. The molecule has 0 bridgehead atoms. The van der Waals surface area contributed by atoms with E-state index in [9.17, 15) is 9.90 Å². The van der Waals surface area contributed by atoms with Gasteiger partial charge in [0, 0.05) is 17.1 Å². The van der Waals surface area contributed by atoms with E-state index in [-0.39, 0.29) is 11.3 Å². The highest BCUT2D eigenvalue weighted by molar-refractivity contribution is 5.87. The second-order valence-corrected chi connectivity index (χ2v) is 6.85. The summed E-state index contributed by atoms with van der Waals surface area (Å²) in [5.41, 5.74) is 2.86. The molecule has 0 radical (unpaired) electrons. The Kier molecular flexibility index (Phi) is 4.06. The summed E-state index contributed by atoms with van der Waals surface area (Å²) in [5.74, 6) is 0.732. The molecule has 0 aliphatic rings. The molecule has 140 valence electrons. The van der Waals surface area contributed by atoms with E-state index in [4.69, 9.17) is 4.98 Å². The zero-order valence-corrected chi connectivity index (χ0v) is 15.5. The molecule has 0 amide bonds. The number of nitrogens with zero attached hydrogens (tertiary/aromatic N) is 3. The highest BCUT2D eigenvalue weighted by Crippen LogP contribution is 2.27. The first kappa shape index (κ1) is 17.1. The minimum absolute atomic E-state index is 0.0976. The molecule has 2 aromatic heterocycles. The van der Waals surface area contributed by atoms with Crippen molar-refractivity contribution in [3.8, 4) is 17.1 Å². The summed E-state index contributed by atoms with van der Waals surface area (Å²) in [6.45, 7) is 0.323. The zero-order chi connectivity index (χ0) is 19.8. The Balaban J connectivity index is 1.78. The molecule has 0 aliphatic carbocycles. The summed E-state index contributed by atoms with van der Waals surface area (Å²) < 4.78 is 1.69. The molecule has 0 spiro atoms. The lowest BCUT2D eigenvalue weighted by Crippen LogP contribution is -2.24. The van der Waals surface area contributed by atoms with E-state index < -0.39 is 0 Å². The minimum Gasteiger partial charge on any atom is -0.506 e. The second kappa shape index (κ2) is 6.87. The quantitative estimate of drug-likeness (QED) is 0.506. The highest BCUT2D eigenvalue weighted by Gasteiger charge is 2.15. The van der Waals surface area contributed by atoms with Crippen LogP contribution in [0.3, 0.4) is 0 Å². The molecule has 3 aromatic carbocycles. The van der Waals surface area contributed by atoms with Crippen LogP contribution in [0.5, 0.6) is 5.75 Å². The van der Waals surface area contributed by atoms with Crippen molar-refractivity contribution in [2.24, 2.45) is 0 Å². The topological polar surface area (TPSA) is 68.0 Å². The van der Waals surface area contributed by atoms with Crippen molar-refractivity contribution < 1.29 is 5.11 Å². The van der Waals surface area contributed by atoms with Gasteiger partial charge >= 0.3 is 0 Å². The third-order valence-electron chi connectivity index (χ3n) is 5.06. The van der Waals surface area contributed by atoms with Gasteiger partial charge in [-0.3, -0.25) is 14.3 Å². The molecule has 5 aromatic rings. The summed E-state index contributed by atoms with van der Waals surface area (Å²) in [6, 6.07) is 24.2. The van der Waals surface area contributed by atoms with Crippen LogP contribution in [0, 0.1) is 0 Å². The lowest BCUT2D eigenvalue weighted by Gasteiger charge is -2.15. The molecule has 5 nitrogen and oxygen atoms in total. The highest BCUT2D eigenvalue weighted by atomic mass is 16.3. The van der Waals surface area contributed by atoms with Gasteiger partial charge in [0.2, 0.25) is 0 Å². The van der Waals surface area contributed by atoms with Crippen LogP contribution in [0.2, 0.25) is 0 Å². The van der Waals surface area contributed by atoms with Crippen molar-refractivity contribution in [2.75, 3.05) is 0 Å². The molecule has 5 heteroatoms. The number of hydrogen-bond acceptors (Lipinski definition) is 4. The molecule has 2 heterocycles. The molecular formula is C24H17N3O2. The Bertz CT molecular complexity index is 1410. The van der Waals surface area contributed by atoms with Crippen molar-refractivity contribution in [1.82, 2.24) is 14.5 Å². The van der Waals surface area contributed by atoms with Crippen LogP contribution in [0.25, 0.3) is 33.2 Å². The summed E-state index contributed by atoms with van der Waals surface area (Å²) in [6.07, 6.45) is 1.64. The number of aromatic nitrogens is 3. The minimum atomic E-state index is -0.0976. The maximum Gasteiger partial charge on any atom is 0.261 e. The number of hydrogen-bond donors (Lipinski definition) is 1. The molecule has 0 saturated carbocycles. The van der Waals surface area contributed by atoms with E-state index in [1.807, 2.05) is 66.7 Å². The second-order valence-electron chi connectivity index (χ2n) is 6.85. The van der Waals surface area contributed by atoms with Crippen molar-refractivity contribution in [1.29, 1.82) is 0 Å². The van der Waals surface area contributed by atoms with E-state index in [1.165, 1.54) is 0 Å². The van der Waals surface area contributed by atoms with E-state index in [1.54, 1.807) is 22.9 Å². The van der Waals surface area contributed by atoms with Crippen LogP contribution >= 0.6 is 0 Å². The van der Waals surface area contributed by atoms with Crippen molar-refractivity contribution in [2.45, 2.75) is 6.54 Å². The summed E-state index contributed by atoms with van der Waals surface area (Å²) in [5, 5.41) is 11.5. The Morgan fingerprint density at radius 2 is 1.59 bits per heavy atom. The number of phenols is 1. The van der Waals surface area contributed by atoms with Crippen LogP contribution in [-0.4, -0.2) is 19.6 Å². The van der Waals surface area contributed by atoms with Gasteiger partial charge in [0.05, 0.1) is 17.4 Å². The number of para-hydroxylation sites is 1. The lowest BCUT2D eigenvalue weighted by molar-refractivity contribution is 0.480. The van der Waals surface area contributed by atoms with Crippen molar-refractivity contribution in [3.05, 3.63) is 101 Å². The Morgan fingerprint density at radius 3 is 2.45 bits per heavy atom. The fourth-order valence-electron chi connectivity index (χ4n) is 3.65. The first-order valence-electron chi connectivity index (χ1n) is 9.33. The first-order chi connectivity index (χ1) is 14.2. The third-order valence-corrected chi connectivity index (χ3v) is 5.06. The van der Waals surface area contributed by atoms with E-state index in [0.717, 1.165) is 16.5 Å². The number of rotatable bonds is 3. The fourth-order valence-corrected chi connectivity index (χ4v) is 3.65. The van der Waals surface area contributed by atoms with Gasteiger partial charge in [0.1, 0.15) is 17.1 Å². The van der Waals surface area contributed by atoms with E-state index in [2.05, 4.69) is 4.98 Å². The van der Waals surface area contributed by atoms with Crippen LogP contribution < -0.4 is 5.56 Å². The average molecular weight is 379 g/mol. The SMILES string of the molecule is O=c1c2ccccc2nc(-c2ccccc2)n1Cc1ccc(O)c2ncccc12. The molecule has 0 unspecified atom stereocenters. The van der Waals surface area contributed by atoms with E-state index >= 15 is 0 Å². The van der Waals surface area contributed by atoms with E-state index in [0.29, 0.717) is 28.8 Å². The summed E-state index contributed by atoms with van der Waals surface area (Å²) in [7, 11) is 0. The van der Waals surface area contributed by atoms with Gasteiger partial charge in [0.25, 0.3) is 5.56 Å². The maximum atomic E-state index is 13.4. The number of aromatic hydroxyl groups is 1. The van der Waals surface area contributed by atoms with Crippen LogP contribution in [-0.2, 0) is 6.54 Å². The van der Waals surface area contributed by atoms with Gasteiger partial charge in [-0.2, -0.15) is 0 Å². The lowest BCUT2D eigenvalue weighted by atomic mass is 10.1. The predicted octanol–water partition coefficient (Wildman–Crippen LogP) is 4.37. The van der Waals surface area contributed by atoms with Gasteiger partial charge in [-0.1, -0.05) is 54.6 Å². The summed E-state index contributed by atoms with van der Waals surface area (Å²) in [4.78, 5) is 22.5. The largest absolute Gasteiger partial charge is 0.506 e. The van der Waals surface area contributed by atoms with Gasteiger partial charge < -0.3 is 5.11 Å². The maximum absolute atomic E-state index is 13.4. The Morgan fingerprint density at radius 1 is 0.828 bits per heavy atom. The Hall–Kier alpha value is -3.99. The average Bonchev–Trinajstić information content (AvgIpc) is 2.78. The zero-order valence-electron chi connectivity index (χ0n) is 15.5. The fraction of sp³-hybridized carbons (Fsp3) is 0.0417. The molecule has 0 atom stereocenters. The standard InChI is InChI=1S/C24H17N3O2/c28-21-13-12-17(18-10-6-14-25-22(18)21)15-27-23(16-7-2-1-3-8-16)26-20-11-5-4-9-19(20)24(27)29/h1-14,28H,15H2. The molecule has 0 fully saturated rings. The van der Waals surface area contributed by atoms with Crippen LogP contribution in [0.15, 0.2) is 89.9 Å². The molecule has 0 saturated heterocycles.